The first-order valence-corrected chi connectivity index (χ1v) is 16.3. The van der Waals surface area contributed by atoms with Crippen LogP contribution in [0.2, 0.25) is 0 Å². The summed E-state index contributed by atoms with van der Waals surface area (Å²) in [7, 11) is 3.56. The Morgan fingerprint density at radius 2 is 2.05 bits per heavy atom. The topological polar surface area (TPSA) is 135 Å². The minimum absolute atomic E-state index is 0.113. The Labute approximate surface area is 253 Å². The van der Waals surface area contributed by atoms with Gasteiger partial charge < -0.3 is 30.9 Å². The Morgan fingerprint density at radius 1 is 1.24 bits per heavy atom. The Balaban J connectivity index is 1.49. The highest BCUT2D eigenvalue weighted by Gasteiger charge is 2.36. The van der Waals surface area contributed by atoms with E-state index in [1.54, 1.807) is 7.11 Å². The molecular weight excluding hydrogens is 532 g/mol. The Bertz CT molecular complexity index is 909. The predicted molar refractivity (Wildman–Crippen MR) is 167 cm³/mol. The maximum absolute atomic E-state index is 13.1. The summed E-state index contributed by atoms with van der Waals surface area (Å²) in [6.45, 7) is 7.46. The second kappa shape index (κ2) is 18.1. The number of ether oxygens (including phenoxy) is 2. The molecule has 2 fully saturated rings. The highest BCUT2D eigenvalue weighted by atomic mass is 16.5. The molecule has 0 aromatic rings. The molecule has 2 heterocycles. The summed E-state index contributed by atoms with van der Waals surface area (Å²) in [6.07, 6.45) is 12.0. The maximum Gasteiger partial charge on any atom is 0.302 e. The molecule has 0 radical (unpaired) electrons. The van der Waals surface area contributed by atoms with Crippen molar-refractivity contribution in [3.8, 4) is 0 Å². The van der Waals surface area contributed by atoms with Crippen LogP contribution in [0.1, 0.15) is 97.3 Å². The molecule has 3 rings (SSSR count). The highest BCUT2D eigenvalue weighted by Crippen LogP contribution is 2.35. The average molecular weight is 590 g/mol. The summed E-state index contributed by atoms with van der Waals surface area (Å²) in [5.74, 6) is 1.53. The van der Waals surface area contributed by atoms with Gasteiger partial charge in [0.15, 0.2) is 6.21 Å². The average Bonchev–Trinajstić information content (AvgIpc) is 3.40. The van der Waals surface area contributed by atoms with E-state index in [1.807, 2.05) is 19.8 Å². The van der Waals surface area contributed by atoms with Gasteiger partial charge >= 0.3 is 5.97 Å². The number of esters is 1. The predicted octanol–water partition coefficient (Wildman–Crippen LogP) is 4.08. The van der Waals surface area contributed by atoms with Crippen molar-refractivity contribution < 1.29 is 24.2 Å². The third-order valence-electron chi connectivity index (χ3n) is 9.75. The zero-order chi connectivity index (χ0) is 30.5. The van der Waals surface area contributed by atoms with E-state index in [2.05, 4.69) is 22.5 Å². The van der Waals surface area contributed by atoms with Crippen LogP contribution in [0.25, 0.3) is 0 Å². The molecule has 238 valence electrons. The van der Waals surface area contributed by atoms with Crippen LogP contribution in [0.4, 0.5) is 0 Å². The Hall–Kier alpha value is -1.78. The molecule has 3 aliphatic rings. The molecule has 1 aliphatic carbocycles. The van der Waals surface area contributed by atoms with Crippen molar-refractivity contribution in [3.05, 3.63) is 17.7 Å². The number of nitrogens with two attached hydrogens (primary N) is 1. The first-order chi connectivity index (χ1) is 20.2. The Morgan fingerprint density at radius 3 is 2.74 bits per heavy atom. The number of carbonyl (C=O) groups is 2. The van der Waals surface area contributed by atoms with Gasteiger partial charge in [0.2, 0.25) is 0 Å². The summed E-state index contributed by atoms with van der Waals surface area (Å²) in [5, 5.41) is 17.0. The van der Waals surface area contributed by atoms with Crippen molar-refractivity contribution in [3.63, 3.8) is 0 Å². The minimum atomic E-state index is -0.464. The number of hydrogen-bond donors (Lipinski definition) is 4. The van der Waals surface area contributed by atoms with Gasteiger partial charge in [0.05, 0.1) is 23.9 Å². The lowest BCUT2D eigenvalue weighted by Gasteiger charge is -2.38. The number of carbonyl (C=O) groups excluding carboxylic acids is 2. The molecule has 0 aromatic carbocycles. The van der Waals surface area contributed by atoms with Gasteiger partial charge in [-0.3, -0.25) is 9.59 Å². The lowest BCUT2D eigenvalue weighted by Crippen LogP contribution is -2.44. The third kappa shape index (κ3) is 11.4. The van der Waals surface area contributed by atoms with E-state index in [0.29, 0.717) is 42.9 Å². The lowest BCUT2D eigenvalue weighted by atomic mass is 9.74. The molecule has 0 bridgehead atoms. The van der Waals surface area contributed by atoms with E-state index in [9.17, 15) is 14.7 Å². The van der Waals surface area contributed by atoms with Crippen LogP contribution in [0.15, 0.2) is 16.1 Å². The molecule has 1 saturated carbocycles. The van der Waals surface area contributed by atoms with Gasteiger partial charge in [-0.15, -0.1) is 4.99 Å². The largest absolute Gasteiger partial charge is 0.462 e. The molecule has 2 aliphatic heterocycles. The van der Waals surface area contributed by atoms with Crippen molar-refractivity contribution in [2.75, 3.05) is 27.2 Å². The quantitative estimate of drug-likeness (QED) is 0.139. The van der Waals surface area contributed by atoms with Crippen LogP contribution in [0.3, 0.4) is 0 Å². The number of nitrogens with zero attached hydrogens (tertiary/aromatic N) is 1. The van der Waals surface area contributed by atoms with Gasteiger partial charge in [-0.25, -0.2) is 0 Å². The molecule has 0 spiro atoms. The standard InChI is InChI=1S/C33H57N4O5/c1-5-23(14-27-21-36-20-26(27)8-6-24-12-13-37-33(34)15-24)7-11-30(42-22(2)38)18-29(39)10-9-25-17-32(41-4)31(40)16-28(25)19-35-3/h20-21,23-25,28,30-33,35,37,40H,5-19,34H2,1-4H3/q+1. The second-order valence-corrected chi connectivity index (χ2v) is 12.9. The van der Waals surface area contributed by atoms with Crippen LogP contribution in [0.5, 0.6) is 0 Å². The molecule has 1 saturated heterocycles. The molecule has 42 heavy (non-hydrogen) atoms. The molecule has 8 atom stereocenters. The summed E-state index contributed by atoms with van der Waals surface area (Å²) in [4.78, 5) is 29.5. The maximum atomic E-state index is 13.1. The van der Waals surface area contributed by atoms with Crippen LogP contribution in [0, 0.1) is 30.2 Å². The number of piperidine rings is 1. The molecule has 9 nitrogen and oxygen atoms in total. The zero-order valence-corrected chi connectivity index (χ0v) is 26.5. The lowest BCUT2D eigenvalue weighted by molar-refractivity contribution is -0.148. The zero-order valence-electron chi connectivity index (χ0n) is 26.5. The second-order valence-electron chi connectivity index (χ2n) is 12.9. The van der Waals surface area contributed by atoms with E-state index >= 15 is 0 Å². The molecule has 0 aromatic heterocycles. The number of rotatable bonds is 18. The van der Waals surface area contributed by atoms with E-state index in [0.717, 1.165) is 64.5 Å². The van der Waals surface area contributed by atoms with Crippen LogP contribution >= 0.6 is 0 Å². The van der Waals surface area contributed by atoms with E-state index in [-0.39, 0.29) is 30.4 Å². The number of methoxy groups -OCH3 is 1. The number of aliphatic hydroxyl groups is 1. The fraction of sp³-hybridized carbons (Fsp3) is 0.818. The number of ketones is 1. The van der Waals surface area contributed by atoms with Gasteiger partial charge in [0.25, 0.3) is 0 Å². The molecule has 8 unspecified atom stereocenters. The molecule has 5 N–H and O–H groups in total. The number of aliphatic imine (C=N–C) groups is 1. The first kappa shape index (κ1) is 34.7. The van der Waals surface area contributed by atoms with Crippen LogP contribution in [-0.2, 0) is 19.1 Å². The van der Waals surface area contributed by atoms with Gasteiger partial charge in [0.1, 0.15) is 24.0 Å². The fourth-order valence-corrected chi connectivity index (χ4v) is 7.19. The number of nitrogens with one attached hydrogen (secondary N) is 2. The summed E-state index contributed by atoms with van der Waals surface area (Å²) in [6, 6.07) is 0. The molecule has 0 amide bonds. The van der Waals surface area contributed by atoms with Crippen LogP contribution < -0.4 is 16.4 Å². The smallest absolute Gasteiger partial charge is 0.302 e. The summed E-state index contributed by atoms with van der Waals surface area (Å²) < 4.78 is 11.1. The summed E-state index contributed by atoms with van der Waals surface area (Å²) >= 11 is 0. The van der Waals surface area contributed by atoms with Crippen molar-refractivity contribution in [1.29, 1.82) is 0 Å². The van der Waals surface area contributed by atoms with Gasteiger partial charge in [0, 0.05) is 39.7 Å². The van der Waals surface area contributed by atoms with Crippen molar-refractivity contribution in [2.24, 2.45) is 34.4 Å². The number of hydrogen-bond acceptors (Lipinski definition) is 9. The summed E-state index contributed by atoms with van der Waals surface area (Å²) in [5.41, 5.74) is 8.76. The highest BCUT2D eigenvalue weighted by molar-refractivity contribution is 5.84. The van der Waals surface area contributed by atoms with Gasteiger partial charge in [-0.2, -0.15) is 0 Å². The Kier molecular flexibility index (Phi) is 15.0. The van der Waals surface area contributed by atoms with Gasteiger partial charge in [-0.1, -0.05) is 13.3 Å². The first-order valence-electron chi connectivity index (χ1n) is 16.3. The number of aliphatic hydroxyl groups excluding tert-OH is 1. The SMILES string of the molecule is CCC(CCC(CC(=O)CCC1CC(OC)C(O)CC1CNC)OC(C)=O)CC1=C(CCC2CCNC(N)C2)[CH+]N=C1. The van der Waals surface area contributed by atoms with Crippen molar-refractivity contribution in [2.45, 2.75) is 122 Å². The van der Waals surface area contributed by atoms with Crippen LogP contribution in [-0.4, -0.2) is 74.8 Å². The minimum Gasteiger partial charge on any atom is -0.462 e. The van der Waals surface area contributed by atoms with Gasteiger partial charge in [-0.05, 0) is 95.2 Å². The van der Waals surface area contributed by atoms with E-state index in [4.69, 9.17) is 15.2 Å². The number of allylic oxidation sites excluding steroid dienone is 1. The fourth-order valence-electron chi connectivity index (χ4n) is 7.19. The third-order valence-corrected chi connectivity index (χ3v) is 9.75. The van der Waals surface area contributed by atoms with E-state index in [1.165, 1.54) is 24.5 Å². The van der Waals surface area contributed by atoms with E-state index < -0.39 is 12.2 Å². The van der Waals surface area contributed by atoms with Crippen molar-refractivity contribution >= 4 is 18.0 Å². The molecule has 9 heteroatoms. The molecular formula is C33H57N4O5+. The van der Waals surface area contributed by atoms with Crippen molar-refractivity contribution in [1.82, 2.24) is 10.6 Å². The number of Topliss-reactive ketones (excluding diaryl/α,β-unsaturated/α-hetero) is 1. The normalized spacial score (nSPS) is 29.3. The monoisotopic (exact) mass is 589 g/mol.